The van der Waals surface area contributed by atoms with E-state index in [1.54, 1.807) is 49.5 Å². The first-order chi connectivity index (χ1) is 10.4. The zero-order chi connectivity index (χ0) is 15.9. The number of hydrogen-bond donors (Lipinski definition) is 1. The molecule has 0 radical (unpaired) electrons. The van der Waals surface area contributed by atoms with Crippen molar-refractivity contribution in [2.45, 2.75) is 5.18 Å². The second-order valence-corrected chi connectivity index (χ2v) is 5.84. The van der Waals surface area contributed by atoms with Crippen molar-refractivity contribution in [3.05, 3.63) is 64.7 Å². The molecule has 0 saturated carbocycles. The van der Waals surface area contributed by atoms with Gasteiger partial charge in [0, 0.05) is 23.2 Å². The molecule has 22 heavy (non-hydrogen) atoms. The molecule has 1 aliphatic rings. The van der Waals surface area contributed by atoms with Crippen LogP contribution in [-0.4, -0.2) is 29.0 Å². The summed E-state index contributed by atoms with van der Waals surface area (Å²) in [5.74, 6) is -0.719. The van der Waals surface area contributed by atoms with Crippen LogP contribution >= 0.6 is 23.2 Å². The number of nitrogens with zero attached hydrogens (tertiary/aromatic N) is 2. The lowest BCUT2D eigenvalue weighted by atomic mass is 10.0. The van der Waals surface area contributed by atoms with E-state index < -0.39 is 11.1 Å². The molecule has 0 bridgehead atoms. The van der Waals surface area contributed by atoms with E-state index in [9.17, 15) is 9.90 Å². The minimum absolute atomic E-state index is 0.372. The largest absolute Gasteiger partial charge is 0.350 e. The summed E-state index contributed by atoms with van der Waals surface area (Å²) in [5.41, 5.74) is 2.24. The average Bonchev–Trinajstić information content (AvgIpc) is 2.58. The van der Waals surface area contributed by atoms with Gasteiger partial charge in [-0.3, -0.25) is 4.79 Å². The number of benzene rings is 2. The minimum atomic E-state index is -2.37. The Bertz CT molecular complexity index is 787. The van der Waals surface area contributed by atoms with E-state index in [-0.39, 0.29) is 0 Å². The summed E-state index contributed by atoms with van der Waals surface area (Å²) in [6, 6.07) is 14.3. The molecule has 1 amide bonds. The number of carbonyl (C=O) groups is 1. The Labute approximate surface area is 137 Å². The van der Waals surface area contributed by atoms with Crippen LogP contribution in [0.4, 0.5) is 5.69 Å². The Hall–Kier alpha value is -1.88. The molecule has 2 aromatic rings. The fourth-order valence-corrected chi connectivity index (χ4v) is 2.84. The van der Waals surface area contributed by atoms with Crippen LogP contribution in [0.15, 0.2) is 53.5 Å². The molecule has 0 aliphatic carbocycles. The Morgan fingerprint density at radius 1 is 1.09 bits per heavy atom. The standard InChI is InChI=1S/C16H12Cl2N2O2/c1-20-13-9-5-3-7-11(13)14(19-16(18,22)15(20)21)10-6-2-4-8-12(10)17/h2-9,22H,1H3. The smallest absolute Gasteiger partial charge is 0.317 e. The van der Waals surface area contributed by atoms with Crippen molar-refractivity contribution in [1.29, 1.82) is 0 Å². The van der Waals surface area contributed by atoms with Gasteiger partial charge in [0.25, 0.3) is 5.91 Å². The molecule has 1 aliphatic heterocycles. The van der Waals surface area contributed by atoms with E-state index in [2.05, 4.69) is 4.99 Å². The summed E-state index contributed by atoms with van der Waals surface area (Å²) in [6.45, 7) is 0. The van der Waals surface area contributed by atoms with Crippen LogP contribution in [0, 0.1) is 0 Å². The van der Waals surface area contributed by atoms with E-state index >= 15 is 0 Å². The number of likely N-dealkylation sites (N-methyl/N-ethyl adjacent to an activating group) is 1. The first kappa shape index (κ1) is 15.0. The van der Waals surface area contributed by atoms with Gasteiger partial charge < -0.3 is 10.0 Å². The Balaban J connectivity index is 2.33. The van der Waals surface area contributed by atoms with Gasteiger partial charge in [0.1, 0.15) is 0 Å². The highest BCUT2D eigenvalue weighted by Gasteiger charge is 2.40. The predicted octanol–water partition coefficient (Wildman–Crippen LogP) is 3.04. The van der Waals surface area contributed by atoms with Crippen molar-refractivity contribution in [1.82, 2.24) is 0 Å². The van der Waals surface area contributed by atoms with Crippen LogP contribution in [0.1, 0.15) is 11.1 Å². The second-order valence-electron chi connectivity index (χ2n) is 4.91. The predicted molar refractivity (Wildman–Crippen MR) is 87.7 cm³/mol. The fourth-order valence-electron chi connectivity index (χ4n) is 2.40. The molecule has 0 aromatic heterocycles. The maximum Gasteiger partial charge on any atom is 0.317 e. The van der Waals surface area contributed by atoms with Gasteiger partial charge in [-0.2, -0.15) is 0 Å². The van der Waals surface area contributed by atoms with Gasteiger partial charge in [0.05, 0.1) is 11.4 Å². The molecule has 3 rings (SSSR count). The van der Waals surface area contributed by atoms with Crippen molar-refractivity contribution in [3.63, 3.8) is 0 Å². The number of aliphatic imine (C=N–C) groups is 1. The quantitative estimate of drug-likeness (QED) is 0.643. The zero-order valence-corrected chi connectivity index (χ0v) is 13.1. The van der Waals surface area contributed by atoms with Crippen molar-refractivity contribution < 1.29 is 9.90 Å². The summed E-state index contributed by atoms with van der Waals surface area (Å²) in [5, 5.41) is 8.32. The minimum Gasteiger partial charge on any atom is -0.350 e. The monoisotopic (exact) mass is 334 g/mol. The summed E-state index contributed by atoms with van der Waals surface area (Å²) in [7, 11) is 1.54. The highest BCUT2D eigenvalue weighted by molar-refractivity contribution is 6.40. The first-order valence-electron chi connectivity index (χ1n) is 6.55. The number of amides is 1. The molecule has 1 atom stereocenters. The molecule has 0 spiro atoms. The van der Waals surface area contributed by atoms with Crippen molar-refractivity contribution in [2.24, 2.45) is 4.99 Å². The van der Waals surface area contributed by atoms with Gasteiger partial charge in [0.2, 0.25) is 0 Å². The van der Waals surface area contributed by atoms with Crippen molar-refractivity contribution >= 4 is 40.5 Å². The number of rotatable bonds is 1. The molecular weight excluding hydrogens is 323 g/mol. The van der Waals surface area contributed by atoms with Crippen LogP contribution in [0.2, 0.25) is 5.02 Å². The summed E-state index contributed by atoms with van der Waals surface area (Å²) < 4.78 is 0. The number of alkyl halides is 1. The summed E-state index contributed by atoms with van der Waals surface area (Å²) in [4.78, 5) is 17.7. The SMILES string of the molecule is CN1C(=O)C(O)(Cl)N=C(c2ccccc2Cl)c2ccccc21. The van der Waals surface area contributed by atoms with Gasteiger partial charge in [-0.25, -0.2) is 4.99 Å². The molecule has 0 fully saturated rings. The lowest BCUT2D eigenvalue weighted by Crippen LogP contribution is -2.41. The van der Waals surface area contributed by atoms with Crippen LogP contribution in [0.25, 0.3) is 0 Å². The van der Waals surface area contributed by atoms with E-state index in [4.69, 9.17) is 23.2 Å². The lowest BCUT2D eigenvalue weighted by Gasteiger charge is -2.21. The normalized spacial score (nSPS) is 21.2. The topological polar surface area (TPSA) is 52.9 Å². The molecule has 1 unspecified atom stereocenters. The number of halogens is 2. The molecule has 2 aromatic carbocycles. The van der Waals surface area contributed by atoms with Crippen molar-refractivity contribution in [3.8, 4) is 0 Å². The summed E-state index contributed by atoms with van der Waals surface area (Å²) in [6.07, 6.45) is 0. The fraction of sp³-hybridized carbons (Fsp3) is 0.125. The van der Waals surface area contributed by atoms with E-state index in [1.807, 2.05) is 6.07 Å². The van der Waals surface area contributed by atoms with Crippen LogP contribution in [0.3, 0.4) is 0 Å². The summed E-state index contributed by atoms with van der Waals surface area (Å²) >= 11 is 12.2. The van der Waals surface area contributed by atoms with Gasteiger partial charge in [0.15, 0.2) is 0 Å². The Morgan fingerprint density at radius 2 is 1.68 bits per heavy atom. The lowest BCUT2D eigenvalue weighted by molar-refractivity contribution is -0.128. The third kappa shape index (κ3) is 2.39. The second kappa shape index (κ2) is 5.39. The van der Waals surface area contributed by atoms with Gasteiger partial charge >= 0.3 is 5.18 Å². The molecule has 4 nitrogen and oxygen atoms in total. The van der Waals surface area contributed by atoms with E-state index in [0.717, 1.165) is 0 Å². The molecule has 1 N–H and O–H groups in total. The van der Waals surface area contributed by atoms with Crippen LogP contribution < -0.4 is 4.90 Å². The number of aliphatic hydroxyl groups is 1. The maximum absolute atomic E-state index is 12.3. The van der Waals surface area contributed by atoms with Crippen LogP contribution in [-0.2, 0) is 4.79 Å². The molecule has 1 heterocycles. The van der Waals surface area contributed by atoms with Crippen molar-refractivity contribution in [2.75, 3.05) is 11.9 Å². The zero-order valence-electron chi connectivity index (χ0n) is 11.6. The molecule has 112 valence electrons. The number of anilines is 1. The van der Waals surface area contributed by atoms with Gasteiger partial charge in [-0.1, -0.05) is 59.6 Å². The number of benzodiazepines with no additional fused rings is 1. The molecule has 0 saturated heterocycles. The number of hydrogen-bond acceptors (Lipinski definition) is 3. The molecule has 6 heteroatoms. The maximum atomic E-state index is 12.3. The van der Waals surface area contributed by atoms with Crippen LogP contribution in [0.5, 0.6) is 0 Å². The third-order valence-electron chi connectivity index (χ3n) is 3.49. The van der Waals surface area contributed by atoms with E-state index in [0.29, 0.717) is 27.5 Å². The number of carbonyl (C=O) groups excluding carboxylic acids is 1. The number of fused-ring (bicyclic) bond motifs is 1. The van der Waals surface area contributed by atoms with Gasteiger partial charge in [-0.05, 0) is 12.1 Å². The first-order valence-corrected chi connectivity index (χ1v) is 7.31. The van der Waals surface area contributed by atoms with Gasteiger partial charge in [-0.15, -0.1) is 0 Å². The Morgan fingerprint density at radius 3 is 2.36 bits per heavy atom. The third-order valence-corrected chi connectivity index (χ3v) is 4.06. The number of para-hydroxylation sites is 1. The Kier molecular flexibility index (Phi) is 3.68. The molecular formula is C16H12Cl2N2O2. The van der Waals surface area contributed by atoms with E-state index in [1.165, 1.54) is 4.90 Å². The highest BCUT2D eigenvalue weighted by atomic mass is 35.5. The highest BCUT2D eigenvalue weighted by Crippen LogP contribution is 2.33. The average molecular weight is 335 g/mol.